The molecule has 1 amide bonds. The lowest BCUT2D eigenvalue weighted by Gasteiger charge is -2.39. The zero-order chi connectivity index (χ0) is 27.7. The highest BCUT2D eigenvalue weighted by atomic mass is 19.4. The fraction of sp³-hybridized carbons (Fsp3) is 0.321. The van der Waals surface area contributed by atoms with Gasteiger partial charge in [0.25, 0.3) is 5.91 Å². The van der Waals surface area contributed by atoms with Crippen LogP contribution in [0.3, 0.4) is 0 Å². The number of carbonyl (C=O) groups excluding carboxylic acids is 1. The van der Waals surface area contributed by atoms with Gasteiger partial charge in [0.05, 0.1) is 19.0 Å². The Morgan fingerprint density at radius 2 is 1.72 bits per heavy atom. The van der Waals surface area contributed by atoms with Crippen LogP contribution in [-0.4, -0.2) is 70.1 Å². The molecule has 0 bridgehead atoms. The molecule has 1 aliphatic heterocycles. The number of hydrogen-bond donors (Lipinski definition) is 1. The van der Waals surface area contributed by atoms with Crippen LogP contribution in [0.1, 0.15) is 33.2 Å². The lowest BCUT2D eigenvalue weighted by molar-refractivity contribution is -0.143. The summed E-state index contributed by atoms with van der Waals surface area (Å²) in [6.07, 6.45) is -3.53. The molecule has 3 heterocycles. The first-order valence-electron chi connectivity index (χ1n) is 12.6. The Kier molecular flexibility index (Phi) is 7.28. The number of aromatic nitrogens is 3. The highest BCUT2D eigenvalue weighted by Gasteiger charge is 2.39. The number of benzene rings is 2. The Bertz CT molecular complexity index is 1460. The second kappa shape index (κ2) is 10.7. The van der Waals surface area contributed by atoms with Crippen LogP contribution >= 0.6 is 0 Å². The van der Waals surface area contributed by atoms with Gasteiger partial charge >= 0.3 is 6.18 Å². The predicted molar refractivity (Wildman–Crippen MR) is 140 cm³/mol. The average Bonchev–Trinajstić information content (AvgIpc) is 3.36. The van der Waals surface area contributed by atoms with Crippen LogP contribution in [0.4, 0.5) is 13.2 Å². The van der Waals surface area contributed by atoms with E-state index < -0.39 is 17.8 Å². The molecule has 1 saturated heterocycles. The van der Waals surface area contributed by atoms with Crippen LogP contribution in [0.25, 0.3) is 16.9 Å². The molecule has 1 fully saturated rings. The highest BCUT2D eigenvalue weighted by molar-refractivity contribution is 6.00. The maximum Gasteiger partial charge on any atom is 0.433 e. The molecule has 0 saturated carbocycles. The number of alkyl halides is 3. The number of methoxy groups -OCH3 is 1. The van der Waals surface area contributed by atoms with Gasteiger partial charge in [-0.05, 0) is 36.8 Å². The summed E-state index contributed by atoms with van der Waals surface area (Å²) in [5.74, 6) is 0.163. The molecule has 8 nitrogen and oxygen atoms in total. The van der Waals surface area contributed by atoms with E-state index in [2.05, 4.69) is 15.0 Å². The van der Waals surface area contributed by atoms with E-state index in [1.165, 1.54) is 20.2 Å². The largest absolute Gasteiger partial charge is 0.497 e. The van der Waals surface area contributed by atoms with Crippen LogP contribution in [0.15, 0.2) is 60.8 Å². The summed E-state index contributed by atoms with van der Waals surface area (Å²) in [6, 6.07) is 16.5. The molecule has 39 heavy (non-hydrogen) atoms. The monoisotopic (exact) mass is 538 g/mol. The highest BCUT2D eigenvalue weighted by Crippen LogP contribution is 2.37. The first kappa shape index (κ1) is 26.6. The summed E-state index contributed by atoms with van der Waals surface area (Å²) in [7, 11) is 1.51. The Morgan fingerprint density at radius 1 is 1.05 bits per heavy atom. The fourth-order valence-electron chi connectivity index (χ4n) is 5.17. The zero-order valence-electron chi connectivity index (χ0n) is 21.7. The first-order valence-corrected chi connectivity index (χ1v) is 12.6. The fourth-order valence-corrected chi connectivity index (χ4v) is 5.17. The van der Waals surface area contributed by atoms with E-state index in [9.17, 15) is 18.0 Å². The van der Waals surface area contributed by atoms with Gasteiger partial charge in [0.1, 0.15) is 11.3 Å². The van der Waals surface area contributed by atoms with Crippen molar-refractivity contribution in [3.63, 3.8) is 0 Å². The molecule has 2 aromatic heterocycles. The second-order valence-corrected chi connectivity index (χ2v) is 9.44. The molecular formula is C28H29F3N6O2. The van der Waals surface area contributed by atoms with Crippen molar-refractivity contribution >= 4 is 11.6 Å². The third-order valence-corrected chi connectivity index (χ3v) is 7.20. The van der Waals surface area contributed by atoms with Crippen LogP contribution in [0.2, 0.25) is 0 Å². The summed E-state index contributed by atoms with van der Waals surface area (Å²) >= 11 is 0. The van der Waals surface area contributed by atoms with Gasteiger partial charge in [-0.15, -0.1) is 0 Å². The number of nitrogens with two attached hydrogens (primary N) is 1. The summed E-state index contributed by atoms with van der Waals surface area (Å²) < 4.78 is 48.6. The summed E-state index contributed by atoms with van der Waals surface area (Å²) in [6.45, 7) is 3.77. The number of hydrogen-bond acceptors (Lipinski definition) is 6. The number of piperazine rings is 1. The number of amides is 1. The molecule has 0 radical (unpaired) electrons. The van der Waals surface area contributed by atoms with Crippen molar-refractivity contribution in [2.24, 2.45) is 5.73 Å². The van der Waals surface area contributed by atoms with E-state index in [-0.39, 0.29) is 28.5 Å². The van der Waals surface area contributed by atoms with Crippen molar-refractivity contribution in [2.75, 3.05) is 39.8 Å². The summed E-state index contributed by atoms with van der Waals surface area (Å²) in [5, 5.41) is 3.96. The van der Waals surface area contributed by atoms with Crippen molar-refractivity contribution in [3.05, 3.63) is 83.2 Å². The minimum absolute atomic E-state index is 0.0199. The molecule has 4 aromatic rings. The molecule has 1 aliphatic rings. The molecule has 5 rings (SSSR count). The zero-order valence-corrected chi connectivity index (χ0v) is 21.7. The van der Waals surface area contributed by atoms with Gasteiger partial charge in [-0.3, -0.25) is 9.69 Å². The minimum atomic E-state index is -4.71. The Hall–Kier alpha value is -3.96. The van der Waals surface area contributed by atoms with Gasteiger partial charge in [-0.1, -0.05) is 30.3 Å². The van der Waals surface area contributed by atoms with Crippen LogP contribution in [0.5, 0.6) is 5.75 Å². The van der Waals surface area contributed by atoms with Crippen molar-refractivity contribution < 1.29 is 22.7 Å². The normalized spacial score (nSPS) is 15.5. The van der Waals surface area contributed by atoms with Gasteiger partial charge in [-0.25, -0.2) is 9.50 Å². The standard InChI is InChI=1S/C28H29F3N6O2/c1-18-24(20-8-10-21(39-2)11-9-20)34-26-22(17-33-37(26)25(18)28(29,30)31)27(38)36-14-12-35(13-15-36)23(16-32)19-6-4-3-5-7-19/h3-11,17,23H,12-16,32H2,1-2H3/t23-/m0/s1. The van der Waals surface area contributed by atoms with E-state index in [1.807, 2.05) is 30.3 Å². The molecule has 2 N–H and O–H groups in total. The van der Waals surface area contributed by atoms with Gasteiger partial charge in [0.15, 0.2) is 11.3 Å². The molecule has 1 atom stereocenters. The van der Waals surface area contributed by atoms with Gasteiger partial charge in [-0.2, -0.15) is 18.3 Å². The maximum absolute atomic E-state index is 14.2. The Labute approximate surface area is 223 Å². The van der Waals surface area contributed by atoms with Crippen LogP contribution in [0, 0.1) is 6.92 Å². The van der Waals surface area contributed by atoms with E-state index in [4.69, 9.17) is 10.5 Å². The lowest BCUT2D eigenvalue weighted by Crippen LogP contribution is -2.50. The summed E-state index contributed by atoms with van der Waals surface area (Å²) in [4.78, 5) is 21.9. The summed E-state index contributed by atoms with van der Waals surface area (Å²) in [5.41, 5.74) is 6.64. The maximum atomic E-state index is 14.2. The molecule has 11 heteroatoms. The smallest absolute Gasteiger partial charge is 0.433 e. The molecule has 2 aromatic carbocycles. The average molecular weight is 539 g/mol. The van der Waals surface area contributed by atoms with Crippen LogP contribution < -0.4 is 10.5 Å². The predicted octanol–water partition coefficient (Wildman–Crippen LogP) is 4.19. The first-order chi connectivity index (χ1) is 18.7. The number of halogens is 3. The molecular weight excluding hydrogens is 509 g/mol. The lowest BCUT2D eigenvalue weighted by atomic mass is 10.0. The third kappa shape index (κ3) is 5.07. The topological polar surface area (TPSA) is 89.0 Å². The quantitative estimate of drug-likeness (QED) is 0.396. The van der Waals surface area contributed by atoms with E-state index >= 15 is 0 Å². The Balaban J connectivity index is 1.46. The molecule has 204 valence electrons. The van der Waals surface area contributed by atoms with E-state index in [1.54, 1.807) is 29.2 Å². The number of ether oxygens (including phenoxy) is 1. The van der Waals surface area contributed by atoms with Gasteiger partial charge in [0.2, 0.25) is 0 Å². The number of carbonyl (C=O) groups is 1. The minimum Gasteiger partial charge on any atom is -0.497 e. The SMILES string of the molecule is COc1ccc(-c2nc3c(C(=O)N4CCN([C@@H](CN)c5ccccc5)CC4)cnn3c(C(F)(F)F)c2C)cc1. The number of fused-ring (bicyclic) bond motifs is 1. The molecule has 0 unspecified atom stereocenters. The van der Waals surface area contributed by atoms with Crippen molar-refractivity contribution in [1.29, 1.82) is 0 Å². The van der Waals surface area contributed by atoms with Crippen molar-refractivity contribution in [2.45, 2.75) is 19.1 Å². The third-order valence-electron chi connectivity index (χ3n) is 7.20. The number of rotatable bonds is 6. The molecule has 0 aliphatic carbocycles. The van der Waals surface area contributed by atoms with Gasteiger partial charge in [0, 0.05) is 49.9 Å². The van der Waals surface area contributed by atoms with Crippen molar-refractivity contribution in [3.8, 4) is 17.0 Å². The second-order valence-electron chi connectivity index (χ2n) is 9.44. The number of nitrogens with zero attached hydrogens (tertiary/aromatic N) is 5. The molecule has 0 spiro atoms. The van der Waals surface area contributed by atoms with Gasteiger partial charge < -0.3 is 15.4 Å². The van der Waals surface area contributed by atoms with E-state index in [0.717, 1.165) is 10.1 Å². The Morgan fingerprint density at radius 3 is 2.31 bits per heavy atom. The van der Waals surface area contributed by atoms with Crippen LogP contribution in [-0.2, 0) is 6.18 Å². The van der Waals surface area contributed by atoms with E-state index in [0.29, 0.717) is 44.0 Å². The van der Waals surface area contributed by atoms with Crippen molar-refractivity contribution in [1.82, 2.24) is 24.4 Å².